The summed E-state index contributed by atoms with van der Waals surface area (Å²) in [4.78, 5) is 39.6. The number of nitrogens with zero attached hydrogens (tertiary/aromatic N) is 1. The van der Waals surface area contributed by atoms with Crippen LogP contribution in [-0.4, -0.2) is 49.2 Å². The van der Waals surface area contributed by atoms with Crippen LogP contribution in [-0.2, 0) is 14.8 Å². The quantitative estimate of drug-likeness (QED) is 0.454. The molecule has 0 bridgehead atoms. The Hall–Kier alpha value is -3.82. The smallest absolute Gasteiger partial charge is 0.257 e. The standard InChI is InChI=1S/C28H29N3O5S/c1-19-15-16-24(22(18-19)26(32)20-10-4-3-5-11-20)29-27(33)21-12-6-7-13-23(21)30-28(34)25-14-8-9-17-31(25)37(2,35)36/h3-7,10-13,15-16,18,25H,8-9,14,17H2,1-2H3,(H,29,33)(H,30,34). The Balaban J connectivity index is 1.58. The van der Waals surface area contributed by atoms with E-state index in [1.54, 1.807) is 66.7 Å². The molecular weight excluding hydrogens is 490 g/mol. The number of nitrogens with one attached hydrogen (secondary N) is 2. The molecule has 8 nitrogen and oxygen atoms in total. The highest BCUT2D eigenvalue weighted by molar-refractivity contribution is 7.88. The average Bonchev–Trinajstić information content (AvgIpc) is 2.89. The zero-order valence-electron chi connectivity index (χ0n) is 20.7. The summed E-state index contributed by atoms with van der Waals surface area (Å²) < 4.78 is 25.6. The number of amides is 2. The van der Waals surface area contributed by atoms with Crippen LogP contribution in [0.4, 0.5) is 11.4 Å². The second kappa shape index (κ2) is 11.1. The van der Waals surface area contributed by atoms with E-state index in [9.17, 15) is 22.8 Å². The monoisotopic (exact) mass is 519 g/mol. The molecular formula is C28H29N3O5S. The third kappa shape index (κ3) is 6.12. The Labute approximate surface area is 216 Å². The van der Waals surface area contributed by atoms with Crippen LogP contribution in [0.15, 0.2) is 72.8 Å². The van der Waals surface area contributed by atoms with E-state index >= 15 is 0 Å². The maximum Gasteiger partial charge on any atom is 0.257 e. The molecule has 4 rings (SSSR count). The van der Waals surface area contributed by atoms with Crippen molar-refractivity contribution in [1.82, 2.24) is 4.31 Å². The number of carbonyl (C=O) groups excluding carboxylic acids is 3. The number of para-hydroxylation sites is 1. The summed E-state index contributed by atoms with van der Waals surface area (Å²) in [5.41, 5.74) is 2.52. The molecule has 0 spiro atoms. The third-order valence-electron chi connectivity index (χ3n) is 6.32. The molecule has 0 radical (unpaired) electrons. The van der Waals surface area contributed by atoms with Gasteiger partial charge in [0.05, 0.1) is 23.2 Å². The van der Waals surface area contributed by atoms with Crippen LogP contribution in [0, 0.1) is 6.92 Å². The van der Waals surface area contributed by atoms with E-state index in [0.717, 1.165) is 18.2 Å². The third-order valence-corrected chi connectivity index (χ3v) is 7.60. The van der Waals surface area contributed by atoms with Crippen molar-refractivity contribution in [2.45, 2.75) is 32.2 Å². The van der Waals surface area contributed by atoms with Gasteiger partial charge in [0.15, 0.2) is 5.78 Å². The summed E-state index contributed by atoms with van der Waals surface area (Å²) in [7, 11) is -3.56. The van der Waals surface area contributed by atoms with Crippen LogP contribution < -0.4 is 10.6 Å². The van der Waals surface area contributed by atoms with Crippen LogP contribution in [0.1, 0.15) is 51.1 Å². The van der Waals surface area contributed by atoms with Crippen molar-refractivity contribution in [2.24, 2.45) is 0 Å². The first-order chi connectivity index (χ1) is 17.6. The second-order valence-corrected chi connectivity index (χ2v) is 11.1. The van der Waals surface area contributed by atoms with Gasteiger partial charge in [-0.3, -0.25) is 14.4 Å². The van der Waals surface area contributed by atoms with Crippen LogP contribution >= 0.6 is 0 Å². The van der Waals surface area contributed by atoms with Gasteiger partial charge < -0.3 is 10.6 Å². The van der Waals surface area contributed by atoms with E-state index in [-0.39, 0.29) is 23.6 Å². The topological polar surface area (TPSA) is 113 Å². The highest BCUT2D eigenvalue weighted by atomic mass is 32.2. The number of ketones is 1. The minimum Gasteiger partial charge on any atom is -0.324 e. The summed E-state index contributed by atoms with van der Waals surface area (Å²) in [5, 5.41) is 5.56. The van der Waals surface area contributed by atoms with Crippen LogP contribution in [0.2, 0.25) is 0 Å². The van der Waals surface area contributed by atoms with Crippen molar-refractivity contribution in [3.63, 3.8) is 0 Å². The fourth-order valence-corrected chi connectivity index (χ4v) is 5.58. The number of aryl methyl sites for hydroxylation is 1. The highest BCUT2D eigenvalue weighted by Gasteiger charge is 2.34. The van der Waals surface area contributed by atoms with Crippen LogP contribution in [0.25, 0.3) is 0 Å². The summed E-state index contributed by atoms with van der Waals surface area (Å²) in [6.45, 7) is 2.15. The lowest BCUT2D eigenvalue weighted by Crippen LogP contribution is -2.49. The summed E-state index contributed by atoms with van der Waals surface area (Å²) >= 11 is 0. The van der Waals surface area contributed by atoms with Gasteiger partial charge >= 0.3 is 0 Å². The van der Waals surface area contributed by atoms with Gasteiger partial charge in [0.25, 0.3) is 5.91 Å². The Bertz CT molecular complexity index is 1440. The van der Waals surface area contributed by atoms with Crippen molar-refractivity contribution in [3.8, 4) is 0 Å². The maximum absolute atomic E-state index is 13.3. The molecule has 0 aliphatic carbocycles. The van der Waals surface area contributed by atoms with Gasteiger partial charge in [-0.1, -0.05) is 60.5 Å². The number of benzene rings is 3. The number of rotatable bonds is 7. The first kappa shape index (κ1) is 26.2. The van der Waals surface area contributed by atoms with Gasteiger partial charge in [-0.25, -0.2) is 8.42 Å². The van der Waals surface area contributed by atoms with Crippen molar-refractivity contribution >= 4 is 39.0 Å². The van der Waals surface area contributed by atoms with Gasteiger partial charge in [0.1, 0.15) is 6.04 Å². The Morgan fingerprint density at radius 2 is 1.51 bits per heavy atom. The first-order valence-electron chi connectivity index (χ1n) is 12.0. The van der Waals surface area contributed by atoms with Gasteiger partial charge in [-0.2, -0.15) is 4.31 Å². The molecule has 1 heterocycles. The van der Waals surface area contributed by atoms with Crippen molar-refractivity contribution in [2.75, 3.05) is 23.4 Å². The number of carbonyl (C=O) groups is 3. The maximum atomic E-state index is 13.3. The number of piperidine rings is 1. The molecule has 9 heteroatoms. The fraction of sp³-hybridized carbons (Fsp3) is 0.250. The molecule has 1 aliphatic rings. The lowest BCUT2D eigenvalue weighted by Gasteiger charge is -2.32. The Morgan fingerprint density at radius 3 is 2.24 bits per heavy atom. The molecule has 1 saturated heterocycles. The Morgan fingerprint density at radius 1 is 0.838 bits per heavy atom. The number of sulfonamides is 1. The number of anilines is 2. The van der Waals surface area contributed by atoms with Crippen LogP contribution in [0.3, 0.4) is 0 Å². The number of hydrogen-bond acceptors (Lipinski definition) is 5. The zero-order valence-corrected chi connectivity index (χ0v) is 21.5. The molecule has 1 fully saturated rings. The SMILES string of the molecule is Cc1ccc(NC(=O)c2ccccc2NC(=O)C2CCCCN2S(C)(=O)=O)c(C(=O)c2ccccc2)c1. The minimum atomic E-state index is -3.56. The van der Waals surface area contributed by atoms with E-state index in [4.69, 9.17) is 0 Å². The molecule has 3 aromatic rings. The van der Waals surface area contributed by atoms with Gasteiger partial charge in [-0.15, -0.1) is 0 Å². The summed E-state index contributed by atoms with van der Waals surface area (Å²) in [6.07, 6.45) is 2.92. The summed E-state index contributed by atoms with van der Waals surface area (Å²) in [5.74, 6) is -1.22. The molecule has 2 N–H and O–H groups in total. The molecule has 1 atom stereocenters. The lowest BCUT2D eigenvalue weighted by atomic mass is 9.99. The summed E-state index contributed by atoms with van der Waals surface area (Å²) in [6, 6.07) is 19.7. The van der Waals surface area contributed by atoms with E-state index in [2.05, 4.69) is 10.6 Å². The van der Waals surface area contributed by atoms with E-state index in [0.29, 0.717) is 29.7 Å². The van der Waals surface area contributed by atoms with E-state index < -0.39 is 27.9 Å². The largest absolute Gasteiger partial charge is 0.324 e. The molecule has 3 aromatic carbocycles. The molecule has 0 aromatic heterocycles. The number of hydrogen-bond donors (Lipinski definition) is 2. The van der Waals surface area contributed by atoms with Crippen LogP contribution in [0.5, 0.6) is 0 Å². The average molecular weight is 520 g/mol. The minimum absolute atomic E-state index is 0.191. The van der Waals surface area contributed by atoms with Crippen molar-refractivity contribution in [3.05, 3.63) is 95.1 Å². The Kier molecular flexibility index (Phi) is 7.85. The zero-order chi connectivity index (χ0) is 26.6. The molecule has 1 aliphatic heterocycles. The highest BCUT2D eigenvalue weighted by Crippen LogP contribution is 2.25. The van der Waals surface area contributed by atoms with Gasteiger partial charge in [0.2, 0.25) is 15.9 Å². The first-order valence-corrected chi connectivity index (χ1v) is 13.9. The molecule has 37 heavy (non-hydrogen) atoms. The van der Waals surface area contributed by atoms with E-state index in [1.165, 1.54) is 4.31 Å². The second-order valence-electron chi connectivity index (χ2n) is 9.12. The van der Waals surface area contributed by atoms with Gasteiger partial charge in [-0.05, 0) is 44.0 Å². The molecule has 2 amide bonds. The lowest BCUT2D eigenvalue weighted by molar-refractivity contribution is -0.120. The normalized spacial score (nSPS) is 16.1. The predicted octanol–water partition coefficient (Wildman–Crippen LogP) is 4.23. The predicted molar refractivity (Wildman–Crippen MR) is 143 cm³/mol. The van der Waals surface area contributed by atoms with E-state index in [1.807, 2.05) is 13.0 Å². The fourth-order valence-electron chi connectivity index (χ4n) is 4.46. The van der Waals surface area contributed by atoms with Crippen molar-refractivity contribution < 1.29 is 22.8 Å². The molecule has 1 unspecified atom stereocenters. The molecule has 192 valence electrons. The molecule has 0 saturated carbocycles. The van der Waals surface area contributed by atoms with Gasteiger partial charge in [0, 0.05) is 17.7 Å². The van der Waals surface area contributed by atoms with Crippen molar-refractivity contribution in [1.29, 1.82) is 0 Å².